The summed E-state index contributed by atoms with van der Waals surface area (Å²) in [6.07, 6.45) is 2.77. The number of benzene rings is 1. The van der Waals surface area contributed by atoms with Crippen LogP contribution in [0.1, 0.15) is 23.7 Å². The number of hydrogen-bond acceptors (Lipinski definition) is 3. The van der Waals surface area contributed by atoms with Crippen LogP contribution in [0.3, 0.4) is 0 Å². The molecule has 0 fully saturated rings. The van der Waals surface area contributed by atoms with Gasteiger partial charge in [-0.15, -0.1) is 0 Å². The fourth-order valence-corrected chi connectivity index (χ4v) is 2.48. The third kappa shape index (κ3) is 1.96. The topological polar surface area (TPSA) is 38.7 Å². The number of rotatable bonds is 2. The first-order valence-electron chi connectivity index (χ1n) is 6.06. The standard InChI is InChI=1S/C14H16O3/c15-13(12-6-3-8-16-12)14-11-5-2-1-4-10(11)7-9-17-14/h1-2,4-6,13-15H,3,7-9H2. The highest BCUT2D eigenvalue weighted by Crippen LogP contribution is 2.33. The Morgan fingerprint density at radius 2 is 2.12 bits per heavy atom. The number of ether oxygens (including phenoxy) is 2. The van der Waals surface area contributed by atoms with Crippen molar-refractivity contribution in [1.82, 2.24) is 0 Å². The molecule has 17 heavy (non-hydrogen) atoms. The summed E-state index contributed by atoms with van der Waals surface area (Å²) in [6, 6.07) is 8.13. The lowest BCUT2D eigenvalue weighted by atomic mass is 9.94. The molecule has 90 valence electrons. The molecule has 1 aromatic carbocycles. The maximum absolute atomic E-state index is 10.3. The van der Waals surface area contributed by atoms with Crippen LogP contribution in [0.2, 0.25) is 0 Å². The van der Waals surface area contributed by atoms with Gasteiger partial charge in [-0.1, -0.05) is 24.3 Å². The number of aliphatic hydroxyl groups is 1. The van der Waals surface area contributed by atoms with E-state index in [2.05, 4.69) is 6.07 Å². The summed E-state index contributed by atoms with van der Waals surface area (Å²) >= 11 is 0. The van der Waals surface area contributed by atoms with Crippen molar-refractivity contribution >= 4 is 0 Å². The van der Waals surface area contributed by atoms with Gasteiger partial charge in [0.15, 0.2) is 0 Å². The van der Waals surface area contributed by atoms with Crippen molar-refractivity contribution in [1.29, 1.82) is 0 Å². The first kappa shape index (κ1) is 10.8. The van der Waals surface area contributed by atoms with Crippen LogP contribution in [0.5, 0.6) is 0 Å². The van der Waals surface area contributed by atoms with Crippen LogP contribution in [-0.2, 0) is 15.9 Å². The Labute approximate surface area is 101 Å². The molecule has 1 N–H and O–H groups in total. The zero-order valence-corrected chi connectivity index (χ0v) is 9.63. The molecule has 0 amide bonds. The molecule has 0 bridgehead atoms. The lowest BCUT2D eigenvalue weighted by Crippen LogP contribution is -2.28. The molecule has 3 rings (SSSR count). The number of hydrogen-bond donors (Lipinski definition) is 1. The summed E-state index contributed by atoms with van der Waals surface area (Å²) in [6.45, 7) is 1.33. The summed E-state index contributed by atoms with van der Waals surface area (Å²) in [5, 5.41) is 10.3. The highest BCUT2D eigenvalue weighted by atomic mass is 16.5. The van der Waals surface area contributed by atoms with Gasteiger partial charge in [-0.05, 0) is 23.6 Å². The molecule has 2 unspecified atom stereocenters. The van der Waals surface area contributed by atoms with Crippen molar-refractivity contribution in [3.8, 4) is 0 Å². The molecule has 2 heterocycles. The average molecular weight is 232 g/mol. The molecule has 0 saturated heterocycles. The molecule has 2 aliphatic heterocycles. The van der Waals surface area contributed by atoms with E-state index in [-0.39, 0.29) is 6.10 Å². The SMILES string of the molecule is OC(C1=CCCO1)C1OCCc2ccccc21. The Balaban J connectivity index is 1.89. The first-order valence-corrected chi connectivity index (χ1v) is 6.06. The second-order valence-electron chi connectivity index (χ2n) is 4.43. The molecule has 0 spiro atoms. The minimum absolute atomic E-state index is 0.288. The van der Waals surface area contributed by atoms with Crippen LogP contribution < -0.4 is 0 Å². The molecule has 0 aromatic heterocycles. The molecule has 2 aliphatic rings. The second kappa shape index (κ2) is 4.51. The fraction of sp³-hybridized carbons (Fsp3) is 0.429. The molecule has 2 atom stereocenters. The van der Waals surface area contributed by atoms with Crippen molar-refractivity contribution in [2.45, 2.75) is 25.0 Å². The fourth-order valence-electron chi connectivity index (χ4n) is 2.48. The van der Waals surface area contributed by atoms with E-state index in [1.807, 2.05) is 24.3 Å². The maximum atomic E-state index is 10.3. The van der Waals surface area contributed by atoms with E-state index in [1.54, 1.807) is 0 Å². The minimum Gasteiger partial charge on any atom is -0.495 e. The quantitative estimate of drug-likeness (QED) is 0.847. The van der Waals surface area contributed by atoms with Crippen LogP contribution in [0.4, 0.5) is 0 Å². The van der Waals surface area contributed by atoms with E-state index < -0.39 is 6.10 Å². The highest BCUT2D eigenvalue weighted by Gasteiger charge is 2.31. The molecule has 3 nitrogen and oxygen atoms in total. The number of aliphatic hydroxyl groups excluding tert-OH is 1. The van der Waals surface area contributed by atoms with E-state index in [0.717, 1.165) is 18.4 Å². The maximum Gasteiger partial charge on any atom is 0.141 e. The highest BCUT2D eigenvalue weighted by molar-refractivity contribution is 5.33. The summed E-state index contributed by atoms with van der Waals surface area (Å²) in [4.78, 5) is 0. The van der Waals surface area contributed by atoms with Crippen molar-refractivity contribution in [2.24, 2.45) is 0 Å². The summed E-state index contributed by atoms with van der Waals surface area (Å²) in [5.41, 5.74) is 2.35. The van der Waals surface area contributed by atoms with Crippen LogP contribution >= 0.6 is 0 Å². The second-order valence-corrected chi connectivity index (χ2v) is 4.43. The molecule has 0 aliphatic carbocycles. The van der Waals surface area contributed by atoms with Gasteiger partial charge in [0.1, 0.15) is 18.0 Å². The van der Waals surface area contributed by atoms with E-state index in [1.165, 1.54) is 5.56 Å². The van der Waals surface area contributed by atoms with Gasteiger partial charge in [-0.2, -0.15) is 0 Å². The van der Waals surface area contributed by atoms with Crippen LogP contribution in [0.25, 0.3) is 0 Å². The Bertz CT molecular complexity index is 439. The Morgan fingerprint density at radius 3 is 2.94 bits per heavy atom. The van der Waals surface area contributed by atoms with Crippen molar-refractivity contribution < 1.29 is 14.6 Å². The molecular weight excluding hydrogens is 216 g/mol. The van der Waals surface area contributed by atoms with Crippen LogP contribution in [-0.4, -0.2) is 24.4 Å². The first-order chi connectivity index (χ1) is 8.36. The van der Waals surface area contributed by atoms with Gasteiger partial charge in [-0.3, -0.25) is 0 Å². The van der Waals surface area contributed by atoms with Gasteiger partial charge in [-0.25, -0.2) is 0 Å². The van der Waals surface area contributed by atoms with Crippen molar-refractivity contribution in [2.75, 3.05) is 13.2 Å². The largest absolute Gasteiger partial charge is 0.495 e. The molecule has 0 saturated carbocycles. The zero-order chi connectivity index (χ0) is 11.7. The predicted octanol–water partition coefficient (Wildman–Crippen LogP) is 1.97. The normalized spacial score (nSPS) is 24.8. The summed E-state index contributed by atoms with van der Waals surface area (Å²) < 4.78 is 11.1. The summed E-state index contributed by atoms with van der Waals surface area (Å²) in [7, 11) is 0. The lowest BCUT2D eigenvalue weighted by Gasteiger charge is -2.29. The van der Waals surface area contributed by atoms with E-state index in [9.17, 15) is 5.11 Å². The Hall–Kier alpha value is -1.32. The van der Waals surface area contributed by atoms with Crippen LogP contribution in [0, 0.1) is 0 Å². The monoisotopic (exact) mass is 232 g/mol. The zero-order valence-electron chi connectivity index (χ0n) is 9.63. The third-order valence-corrected chi connectivity index (χ3v) is 3.34. The minimum atomic E-state index is -0.682. The van der Waals surface area contributed by atoms with Crippen molar-refractivity contribution in [3.63, 3.8) is 0 Å². The van der Waals surface area contributed by atoms with Gasteiger partial charge in [0.25, 0.3) is 0 Å². The van der Waals surface area contributed by atoms with Gasteiger partial charge >= 0.3 is 0 Å². The lowest BCUT2D eigenvalue weighted by molar-refractivity contribution is -0.0494. The third-order valence-electron chi connectivity index (χ3n) is 3.34. The molecular formula is C14H16O3. The molecule has 0 radical (unpaired) electrons. The van der Waals surface area contributed by atoms with E-state index >= 15 is 0 Å². The average Bonchev–Trinajstić information content (AvgIpc) is 2.91. The Morgan fingerprint density at radius 1 is 1.24 bits per heavy atom. The van der Waals surface area contributed by atoms with Crippen molar-refractivity contribution in [3.05, 3.63) is 47.2 Å². The molecule has 1 aromatic rings. The molecule has 3 heteroatoms. The van der Waals surface area contributed by atoms with Gasteiger partial charge in [0.2, 0.25) is 0 Å². The smallest absolute Gasteiger partial charge is 0.141 e. The van der Waals surface area contributed by atoms with Gasteiger partial charge in [0.05, 0.1) is 13.2 Å². The number of fused-ring (bicyclic) bond motifs is 1. The van der Waals surface area contributed by atoms with Gasteiger partial charge < -0.3 is 14.6 Å². The predicted molar refractivity (Wildman–Crippen MR) is 63.5 cm³/mol. The van der Waals surface area contributed by atoms with E-state index in [0.29, 0.717) is 19.0 Å². The van der Waals surface area contributed by atoms with E-state index in [4.69, 9.17) is 9.47 Å². The van der Waals surface area contributed by atoms with Gasteiger partial charge in [0, 0.05) is 6.42 Å². The Kier molecular flexibility index (Phi) is 2.87. The summed E-state index contributed by atoms with van der Waals surface area (Å²) in [5.74, 6) is 0.659. The van der Waals surface area contributed by atoms with Crippen LogP contribution in [0.15, 0.2) is 36.1 Å².